The lowest BCUT2D eigenvalue weighted by molar-refractivity contribution is 0.0696. The number of amides is 2. The lowest BCUT2D eigenvalue weighted by Crippen LogP contribution is -2.22. The number of carbonyl (C=O) groups is 3. The van der Waals surface area contributed by atoms with E-state index in [1.165, 1.54) is 13.8 Å². The van der Waals surface area contributed by atoms with E-state index >= 15 is 0 Å². The molecule has 0 unspecified atom stereocenters. The van der Waals surface area contributed by atoms with E-state index in [0.717, 1.165) is 18.2 Å². The summed E-state index contributed by atoms with van der Waals surface area (Å²) in [5.41, 5.74) is 0.977. The van der Waals surface area contributed by atoms with Crippen LogP contribution in [0.15, 0.2) is 23.1 Å². The number of urea groups is 1. The molecule has 0 aliphatic carbocycles. The van der Waals surface area contributed by atoms with Crippen molar-refractivity contribution in [1.82, 2.24) is 0 Å². The third-order valence-corrected chi connectivity index (χ3v) is 5.87. The van der Waals surface area contributed by atoms with Gasteiger partial charge in [0, 0.05) is 11.4 Å². The summed E-state index contributed by atoms with van der Waals surface area (Å²) in [4.78, 5) is 34.5. The molecular weight excluding hydrogens is 416 g/mol. The smallest absolute Gasteiger partial charge is 0.335 e. The zero-order valence-corrected chi connectivity index (χ0v) is 17.3. The average Bonchev–Trinajstić information content (AvgIpc) is 2.62. The van der Waals surface area contributed by atoms with Gasteiger partial charge in [-0.05, 0) is 68.1 Å². The fraction of sp³-hybridized carbons (Fsp3) is 0.211. The topological polar surface area (TPSA) is 170 Å². The van der Waals surface area contributed by atoms with Crippen LogP contribution in [0.2, 0.25) is 0 Å². The van der Waals surface area contributed by atoms with E-state index in [4.69, 9.17) is 10.2 Å². The molecule has 0 aromatic heterocycles. The van der Waals surface area contributed by atoms with Crippen LogP contribution < -0.4 is 10.6 Å². The second-order valence-electron chi connectivity index (χ2n) is 6.67. The van der Waals surface area contributed by atoms with Crippen molar-refractivity contribution in [2.24, 2.45) is 0 Å². The zero-order valence-electron chi connectivity index (χ0n) is 16.5. The van der Waals surface area contributed by atoms with Gasteiger partial charge in [0.1, 0.15) is 4.90 Å². The van der Waals surface area contributed by atoms with Crippen molar-refractivity contribution in [3.05, 3.63) is 51.6 Å². The van der Waals surface area contributed by atoms with Crippen LogP contribution in [0, 0.1) is 27.7 Å². The van der Waals surface area contributed by atoms with Crippen molar-refractivity contribution < 1.29 is 37.6 Å². The number of rotatable bonds is 5. The summed E-state index contributed by atoms with van der Waals surface area (Å²) in [5.74, 6) is -2.75. The monoisotopic (exact) mass is 436 g/mol. The minimum atomic E-state index is -4.55. The van der Waals surface area contributed by atoms with Crippen molar-refractivity contribution in [2.75, 3.05) is 10.6 Å². The normalized spacial score (nSPS) is 11.1. The number of nitrogens with one attached hydrogen (secondary N) is 2. The molecule has 0 aliphatic rings. The Kier molecular flexibility index (Phi) is 6.19. The summed E-state index contributed by atoms with van der Waals surface area (Å²) in [7, 11) is -4.55. The van der Waals surface area contributed by atoms with Gasteiger partial charge in [-0.1, -0.05) is 0 Å². The van der Waals surface area contributed by atoms with Crippen LogP contribution in [0.4, 0.5) is 16.2 Å². The number of carbonyl (C=O) groups excluding carboxylic acids is 1. The molecule has 2 rings (SSSR count). The van der Waals surface area contributed by atoms with Crippen LogP contribution in [0.5, 0.6) is 0 Å². The number of hydrogen-bond acceptors (Lipinski definition) is 5. The molecule has 0 aliphatic heterocycles. The Morgan fingerprint density at radius 2 is 1.27 bits per heavy atom. The predicted molar refractivity (Wildman–Crippen MR) is 108 cm³/mol. The van der Waals surface area contributed by atoms with Gasteiger partial charge in [-0.2, -0.15) is 8.42 Å². The van der Waals surface area contributed by atoms with Crippen LogP contribution in [-0.4, -0.2) is 41.2 Å². The molecule has 160 valence electrons. The Morgan fingerprint density at radius 3 is 1.70 bits per heavy atom. The van der Waals surface area contributed by atoms with Crippen molar-refractivity contribution in [2.45, 2.75) is 32.6 Å². The first-order chi connectivity index (χ1) is 13.7. The Balaban J connectivity index is 2.46. The molecule has 2 aromatic carbocycles. The number of hydrogen-bond donors (Lipinski definition) is 5. The Labute approximate surface area is 172 Å². The first-order valence-electron chi connectivity index (χ1n) is 8.51. The van der Waals surface area contributed by atoms with E-state index in [1.54, 1.807) is 13.8 Å². The standard InChI is InChI=1S/C19H20N2O8S/c1-8-9(2)15(11(4)16(10(8)3)30(27,28)29)21-19(26)20-14-6-12(17(22)23)5-13(7-14)18(24)25/h5-7H,1-4H3,(H,22,23)(H,24,25)(H2,20,21,26)(H,27,28,29). The molecule has 10 nitrogen and oxygen atoms in total. The summed E-state index contributed by atoms with van der Waals surface area (Å²) in [5, 5.41) is 23.1. The van der Waals surface area contributed by atoms with E-state index in [1.807, 2.05) is 0 Å². The lowest BCUT2D eigenvalue weighted by atomic mass is 9.98. The molecule has 0 heterocycles. The minimum absolute atomic E-state index is 0.0843. The maximum atomic E-state index is 12.5. The predicted octanol–water partition coefficient (Wildman–Crippen LogP) is 3.21. The fourth-order valence-corrected chi connectivity index (χ4v) is 4.14. The van der Waals surface area contributed by atoms with Gasteiger partial charge in [-0.3, -0.25) is 4.55 Å². The van der Waals surface area contributed by atoms with Crippen LogP contribution in [-0.2, 0) is 10.1 Å². The molecule has 5 N–H and O–H groups in total. The van der Waals surface area contributed by atoms with Gasteiger partial charge in [0.25, 0.3) is 10.1 Å². The van der Waals surface area contributed by atoms with Crippen molar-refractivity contribution in [3.63, 3.8) is 0 Å². The molecule has 0 saturated carbocycles. The summed E-state index contributed by atoms with van der Waals surface area (Å²) in [6.45, 7) is 6.25. The molecule has 0 spiro atoms. The quantitative estimate of drug-likeness (QED) is 0.445. The van der Waals surface area contributed by atoms with Crippen molar-refractivity contribution in [1.29, 1.82) is 0 Å². The highest BCUT2D eigenvalue weighted by molar-refractivity contribution is 7.86. The van der Waals surface area contributed by atoms with E-state index in [-0.39, 0.29) is 33.0 Å². The second kappa shape index (κ2) is 8.13. The highest BCUT2D eigenvalue weighted by atomic mass is 32.2. The first-order valence-corrected chi connectivity index (χ1v) is 9.95. The van der Waals surface area contributed by atoms with Gasteiger partial charge in [0.2, 0.25) is 0 Å². The first kappa shape index (κ1) is 22.8. The SMILES string of the molecule is Cc1c(C)c(NC(=O)Nc2cc(C(=O)O)cc(C(=O)O)c2)c(C)c(S(=O)(=O)O)c1C. The van der Waals surface area contributed by atoms with Gasteiger partial charge in [-0.25, -0.2) is 14.4 Å². The highest BCUT2D eigenvalue weighted by Crippen LogP contribution is 2.33. The molecule has 0 fully saturated rings. The molecule has 0 radical (unpaired) electrons. The Bertz CT molecular complexity index is 1150. The summed E-state index contributed by atoms with van der Waals surface area (Å²) >= 11 is 0. The molecule has 0 saturated heterocycles. The molecule has 11 heteroatoms. The lowest BCUT2D eigenvalue weighted by Gasteiger charge is -2.20. The summed E-state index contributed by atoms with van der Waals surface area (Å²) in [6, 6.07) is 2.25. The number of anilines is 2. The van der Waals surface area contributed by atoms with Crippen molar-refractivity contribution >= 4 is 39.5 Å². The van der Waals surface area contributed by atoms with Gasteiger partial charge < -0.3 is 20.8 Å². The molecule has 30 heavy (non-hydrogen) atoms. The molecule has 2 aromatic rings. The van der Waals surface area contributed by atoms with Gasteiger partial charge >= 0.3 is 18.0 Å². The average molecular weight is 436 g/mol. The number of benzene rings is 2. The van der Waals surface area contributed by atoms with Gasteiger partial charge in [0.05, 0.1) is 11.1 Å². The largest absolute Gasteiger partial charge is 0.478 e. The van der Waals surface area contributed by atoms with Gasteiger partial charge in [0.15, 0.2) is 0 Å². The number of carboxylic acid groups (broad SMARTS) is 2. The summed E-state index contributed by atoms with van der Waals surface area (Å²) in [6.07, 6.45) is 0. The van der Waals surface area contributed by atoms with E-state index in [0.29, 0.717) is 16.7 Å². The maximum Gasteiger partial charge on any atom is 0.335 e. The van der Waals surface area contributed by atoms with Crippen LogP contribution in [0.1, 0.15) is 43.0 Å². The fourth-order valence-electron chi connectivity index (χ4n) is 3.11. The van der Waals surface area contributed by atoms with E-state index in [9.17, 15) is 27.4 Å². The minimum Gasteiger partial charge on any atom is -0.478 e. The molecule has 2 amide bonds. The second-order valence-corrected chi connectivity index (χ2v) is 8.03. The van der Waals surface area contributed by atoms with Gasteiger partial charge in [-0.15, -0.1) is 0 Å². The third kappa shape index (κ3) is 4.58. The molecular formula is C19H20N2O8S. The van der Waals surface area contributed by atoms with Crippen LogP contribution in [0.25, 0.3) is 0 Å². The maximum absolute atomic E-state index is 12.5. The third-order valence-electron chi connectivity index (χ3n) is 4.74. The molecule has 0 atom stereocenters. The number of aromatic carboxylic acids is 2. The number of carboxylic acids is 2. The zero-order chi connectivity index (χ0) is 23.0. The molecule has 0 bridgehead atoms. The highest BCUT2D eigenvalue weighted by Gasteiger charge is 2.24. The van der Waals surface area contributed by atoms with Crippen LogP contribution in [0.3, 0.4) is 0 Å². The Morgan fingerprint density at radius 1 is 0.767 bits per heavy atom. The summed E-state index contributed by atoms with van der Waals surface area (Å²) < 4.78 is 33.1. The van der Waals surface area contributed by atoms with E-state index < -0.39 is 28.1 Å². The van der Waals surface area contributed by atoms with Crippen molar-refractivity contribution in [3.8, 4) is 0 Å². The Hall–Kier alpha value is -3.44. The van der Waals surface area contributed by atoms with Crippen LogP contribution >= 0.6 is 0 Å². The van der Waals surface area contributed by atoms with E-state index in [2.05, 4.69) is 10.6 Å².